The molecule has 106 valence electrons. The van der Waals surface area contributed by atoms with Gasteiger partial charge in [-0.2, -0.15) is 0 Å². The van der Waals surface area contributed by atoms with Crippen LogP contribution in [0.3, 0.4) is 0 Å². The van der Waals surface area contributed by atoms with E-state index in [9.17, 15) is 4.79 Å². The largest absolute Gasteiger partial charge is 0.305 e. The first-order valence-electron chi connectivity index (χ1n) is 6.16. The summed E-state index contributed by atoms with van der Waals surface area (Å²) in [4.78, 5) is 21.3. The van der Waals surface area contributed by atoms with Gasteiger partial charge >= 0.3 is 0 Å². The molecule has 2 heterocycles. The Morgan fingerprint density at radius 2 is 2.14 bits per heavy atom. The highest BCUT2D eigenvalue weighted by molar-refractivity contribution is 7.12. The lowest BCUT2D eigenvalue weighted by Crippen LogP contribution is -2.10. The molecule has 21 heavy (non-hydrogen) atoms. The fourth-order valence-electron chi connectivity index (χ4n) is 1.95. The van der Waals surface area contributed by atoms with Crippen LogP contribution in [0.15, 0.2) is 35.1 Å². The molecule has 1 aromatic carbocycles. The van der Waals surface area contributed by atoms with Crippen LogP contribution in [0.4, 0.5) is 0 Å². The van der Waals surface area contributed by atoms with E-state index in [0.717, 1.165) is 4.88 Å². The van der Waals surface area contributed by atoms with Crippen LogP contribution in [0.5, 0.6) is 0 Å². The van der Waals surface area contributed by atoms with E-state index in [1.54, 1.807) is 35.6 Å². The van der Waals surface area contributed by atoms with Gasteiger partial charge in [-0.1, -0.05) is 23.2 Å². The Morgan fingerprint density at radius 3 is 2.86 bits per heavy atom. The second-order valence-electron chi connectivity index (χ2n) is 4.52. The Hall–Kier alpha value is -1.62. The maximum Gasteiger partial charge on any atom is 0.259 e. The van der Waals surface area contributed by atoms with Crippen LogP contribution in [0.25, 0.3) is 22.0 Å². The summed E-state index contributed by atoms with van der Waals surface area (Å²) < 4.78 is 0. The van der Waals surface area contributed by atoms with Gasteiger partial charge in [-0.15, -0.1) is 11.3 Å². The van der Waals surface area contributed by atoms with Gasteiger partial charge in [0.2, 0.25) is 0 Å². The molecule has 0 aliphatic carbocycles. The van der Waals surface area contributed by atoms with Gasteiger partial charge in [0, 0.05) is 14.8 Å². The van der Waals surface area contributed by atoms with Crippen LogP contribution in [0.2, 0.25) is 5.02 Å². The standard InChI is InChI=1S/C15H10Cl2N2OS/c1-8-2-4-10(21-8)7-12(17)14-18-13-5-3-9(16)6-11(13)15(20)19-14/h2-7H,1H3,(H,18,19,20)/b12-7-. The number of benzene rings is 1. The van der Waals surface area contributed by atoms with Crippen molar-refractivity contribution in [3.8, 4) is 0 Å². The SMILES string of the molecule is Cc1ccc(/C=C(\Cl)c2nc3ccc(Cl)cc3c(=O)[nH]2)s1. The van der Waals surface area contributed by atoms with Crippen molar-refractivity contribution in [1.82, 2.24) is 9.97 Å². The molecule has 0 radical (unpaired) electrons. The topological polar surface area (TPSA) is 45.8 Å². The van der Waals surface area contributed by atoms with Gasteiger partial charge in [-0.3, -0.25) is 4.79 Å². The number of nitrogens with one attached hydrogen (secondary N) is 1. The van der Waals surface area contributed by atoms with E-state index in [0.29, 0.717) is 26.8 Å². The first-order chi connectivity index (χ1) is 10.0. The molecule has 0 unspecified atom stereocenters. The minimum absolute atomic E-state index is 0.258. The summed E-state index contributed by atoms with van der Waals surface area (Å²) >= 11 is 13.8. The third-order valence-electron chi connectivity index (χ3n) is 2.92. The van der Waals surface area contributed by atoms with Crippen molar-refractivity contribution in [1.29, 1.82) is 0 Å². The summed E-state index contributed by atoms with van der Waals surface area (Å²) in [5.41, 5.74) is 0.304. The smallest absolute Gasteiger partial charge is 0.259 e. The molecule has 3 rings (SSSR count). The van der Waals surface area contributed by atoms with E-state index in [4.69, 9.17) is 23.2 Å². The number of aromatic nitrogens is 2. The quantitative estimate of drug-likeness (QED) is 0.738. The minimum atomic E-state index is -0.258. The van der Waals surface area contributed by atoms with E-state index < -0.39 is 0 Å². The Balaban J connectivity index is 2.10. The summed E-state index contributed by atoms with van der Waals surface area (Å²) in [7, 11) is 0. The molecule has 0 bridgehead atoms. The van der Waals surface area contributed by atoms with E-state index in [1.807, 2.05) is 19.1 Å². The zero-order chi connectivity index (χ0) is 15.0. The number of hydrogen-bond acceptors (Lipinski definition) is 3. The number of aromatic amines is 1. The fraction of sp³-hybridized carbons (Fsp3) is 0.0667. The minimum Gasteiger partial charge on any atom is -0.305 e. The number of aryl methyl sites for hydroxylation is 1. The molecule has 0 aliphatic rings. The van der Waals surface area contributed by atoms with Crippen molar-refractivity contribution in [2.24, 2.45) is 0 Å². The van der Waals surface area contributed by atoms with Crippen molar-refractivity contribution in [2.75, 3.05) is 0 Å². The van der Waals surface area contributed by atoms with Crippen LogP contribution in [-0.4, -0.2) is 9.97 Å². The highest BCUT2D eigenvalue weighted by Crippen LogP contribution is 2.24. The van der Waals surface area contributed by atoms with Gasteiger partial charge in [0.25, 0.3) is 5.56 Å². The van der Waals surface area contributed by atoms with Gasteiger partial charge in [-0.25, -0.2) is 4.98 Å². The zero-order valence-corrected chi connectivity index (χ0v) is 13.3. The summed E-state index contributed by atoms with van der Waals surface area (Å²) in [6.07, 6.45) is 1.79. The third kappa shape index (κ3) is 3.02. The summed E-state index contributed by atoms with van der Waals surface area (Å²) in [5, 5.41) is 1.34. The lowest BCUT2D eigenvalue weighted by Gasteiger charge is -2.02. The maximum absolute atomic E-state index is 12.1. The number of hydrogen-bond donors (Lipinski definition) is 1. The van der Waals surface area contributed by atoms with E-state index >= 15 is 0 Å². The van der Waals surface area contributed by atoms with Crippen LogP contribution < -0.4 is 5.56 Å². The molecule has 6 heteroatoms. The molecule has 0 aliphatic heterocycles. The van der Waals surface area contributed by atoms with Crippen LogP contribution in [0, 0.1) is 6.92 Å². The summed E-state index contributed by atoms with van der Waals surface area (Å²) in [6.45, 7) is 2.02. The van der Waals surface area contributed by atoms with Crippen molar-refractivity contribution < 1.29 is 0 Å². The van der Waals surface area contributed by atoms with E-state index in [2.05, 4.69) is 9.97 Å². The van der Waals surface area contributed by atoms with Crippen molar-refractivity contribution >= 4 is 56.5 Å². The molecule has 0 atom stereocenters. The number of H-pyrrole nitrogens is 1. The van der Waals surface area contributed by atoms with Crippen molar-refractivity contribution in [2.45, 2.75) is 6.92 Å². The van der Waals surface area contributed by atoms with Crippen LogP contribution in [-0.2, 0) is 0 Å². The molecule has 0 amide bonds. The zero-order valence-electron chi connectivity index (χ0n) is 11.0. The normalized spacial score (nSPS) is 12.0. The predicted molar refractivity (Wildman–Crippen MR) is 90.2 cm³/mol. The number of halogens is 2. The Morgan fingerprint density at radius 1 is 1.33 bits per heavy atom. The van der Waals surface area contributed by atoms with Crippen LogP contribution in [0.1, 0.15) is 15.6 Å². The van der Waals surface area contributed by atoms with Crippen molar-refractivity contribution in [3.05, 3.63) is 61.3 Å². The van der Waals surface area contributed by atoms with Crippen molar-refractivity contribution in [3.63, 3.8) is 0 Å². The monoisotopic (exact) mass is 336 g/mol. The Kier molecular flexibility index (Phi) is 3.85. The number of thiophene rings is 1. The number of fused-ring (bicyclic) bond motifs is 1. The first kappa shape index (κ1) is 14.3. The molecule has 3 aromatic rings. The molecule has 0 saturated heterocycles. The van der Waals surface area contributed by atoms with Gasteiger partial charge < -0.3 is 4.98 Å². The van der Waals surface area contributed by atoms with Crippen LogP contribution >= 0.6 is 34.5 Å². The average molecular weight is 337 g/mol. The van der Waals surface area contributed by atoms with E-state index in [-0.39, 0.29) is 5.56 Å². The average Bonchev–Trinajstić information content (AvgIpc) is 2.84. The molecule has 3 nitrogen and oxygen atoms in total. The Bertz CT molecular complexity index is 911. The molecule has 2 aromatic heterocycles. The molecule has 0 saturated carbocycles. The van der Waals surface area contributed by atoms with Gasteiger partial charge in [0.05, 0.1) is 15.9 Å². The summed E-state index contributed by atoms with van der Waals surface area (Å²) in [6, 6.07) is 8.98. The lowest BCUT2D eigenvalue weighted by atomic mass is 10.2. The molecular formula is C15H10Cl2N2OS. The first-order valence-corrected chi connectivity index (χ1v) is 7.74. The molecular weight excluding hydrogens is 327 g/mol. The van der Waals surface area contributed by atoms with Gasteiger partial charge in [-0.05, 0) is 43.3 Å². The van der Waals surface area contributed by atoms with Gasteiger partial charge in [0.1, 0.15) is 0 Å². The molecule has 0 spiro atoms. The summed E-state index contributed by atoms with van der Waals surface area (Å²) in [5.74, 6) is 0.350. The predicted octanol–water partition coefficient (Wildman–Crippen LogP) is 4.68. The molecule has 1 N–H and O–H groups in total. The second kappa shape index (κ2) is 5.64. The molecule has 0 fully saturated rings. The second-order valence-corrected chi connectivity index (χ2v) is 6.68. The highest BCUT2D eigenvalue weighted by Gasteiger charge is 2.08. The lowest BCUT2D eigenvalue weighted by molar-refractivity contribution is 1.14. The fourth-order valence-corrected chi connectivity index (χ4v) is 3.21. The van der Waals surface area contributed by atoms with Gasteiger partial charge in [0.15, 0.2) is 5.82 Å². The number of nitrogens with zero attached hydrogens (tertiary/aromatic N) is 1. The van der Waals surface area contributed by atoms with E-state index in [1.165, 1.54) is 4.88 Å². The highest BCUT2D eigenvalue weighted by atomic mass is 35.5. The third-order valence-corrected chi connectivity index (χ3v) is 4.39. The Labute approximate surface area is 134 Å². The maximum atomic E-state index is 12.1. The number of rotatable bonds is 2.